The maximum atomic E-state index is 2.42. The summed E-state index contributed by atoms with van der Waals surface area (Å²) in [7, 11) is 0. The van der Waals surface area contributed by atoms with Crippen LogP contribution >= 0.6 is 0 Å². The Morgan fingerprint density at radius 3 is 1.53 bits per heavy atom. The molecule has 0 radical (unpaired) electrons. The van der Waals surface area contributed by atoms with Gasteiger partial charge in [0.2, 0.25) is 0 Å². The molecular formula is C30H42. The van der Waals surface area contributed by atoms with Crippen molar-refractivity contribution in [2.24, 2.45) is 17.8 Å². The number of benzene rings is 2. The molecule has 2 aromatic carbocycles. The van der Waals surface area contributed by atoms with Crippen LogP contribution in [-0.2, 0) is 0 Å². The topological polar surface area (TPSA) is 0 Å². The van der Waals surface area contributed by atoms with E-state index in [0.29, 0.717) is 0 Å². The van der Waals surface area contributed by atoms with E-state index in [0.717, 1.165) is 29.6 Å². The van der Waals surface area contributed by atoms with Crippen molar-refractivity contribution in [3.8, 4) is 11.1 Å². The van der Waals surface area contributed by atoms with Crippen molar-refractivity contribution in [1.82, 2.24) is 0 Å². The highest BCUT2D eigenvalue weighted by atomic mass is 14.3. The van der Waals surface area contributed by atoms with Gasteiger partial charge in [-0.2, -0.15) is 0 Å². The quantitative estimate of drug-likeness (QED) is 0.451. The summed E-state index contributed by atoms with van der Waals surface area (Å²) >= 11 is 0. The van der Waals surface area contributed by atoms with Gasteiger partial charge < -0.3 is 0 Å². The van der Waals surface area contributed by atoms with E-state index >= 15 is 0 Å². The second-order valence-corrected chi connectivity index (χ2v) is 10.7. The first-order valence-electron chi connectivity index (χ1n) is 12.8. The summed E-state index contributed by atoms with van der Waals surface area (Å²) in [4.78, 5) is 0. The Labute approximate surface area is 185 Å². The summed E-state index contributed by atoms with van der Waals surface area (Å²) in [5.74, 6) is 4.37. The zero-order valence-electron chi connectivity index (χ0n) is 19.6. The third-order valence-electron chi connectivity index (χ3n) is 8.39. The van der Waals surface area contributed by atoms with Gasteiger partial charge in [0.1, 0.15) is 0 Å². The summed E-state index contributed by atoms with van der Waals surface area (Å²) in [6.45, 7) is 7.16. The zero-order chi connectivity index (χ0) is 20.9. The van der Waals surface area contributed by atoms with Gasteiger partial charge in [-0.1, -0.05) is 88.6 Å². The molecule has 0 heterocycles. The molecule has 1 unspecified atom stereocenters. The summed E-state index contributed by atoms with van der Waals surface area (Å²) < 4.78 is 0. The monoisotopic (exact) mass is 402 g/mol. The second-order valence-electron chi connectivity index (χ2n) is 10.7. The van der Waals surface area contributed by atoms with Crippen LogP contribution < -0.4 is 0 Å². The van der Waals surface area contributed by atoms with Crippen molar-refractivity contribution in [1.29, 1.82) is 0 Å². The van der Waals surface area contributed by atoms with Gasteiger partial charge in [-0.3, -0.25) is 0 Å². The Morgan fingerprint density at radius 2 is 1.10 bits per heavy atom. The van der Waals surface area contributed by atoms with Gasteiger partial charge in [-0.15, -0.1) is 0 Å². The molecule has 0 spiro atoms. The lowest BCUT2D eigenvalue weighted by molar-refractivity contribution is 0.273. The van der Waals surface area contributed by atoms with E-state index in [4.69, 9.17) is 0 Å². The SMILES string of the molecule is CCC(C)CC1CCC(c2ccc(-c3ccc(C4CCC(C)CC4)cc3)cc2)CC1. The molecule has 0 bridgehead atoms. The fourth-order valence-electron chi connectivity index (χ4n) is 5.96. The molecule has 0 heteroatoms. The maximum Gasteiger partial charge on any atom is -0.0162 e. The number of hydrogen-bond donors (Lipinski definition) is 0. The van der Waals surface area contributed by atoms with E-state index in [1.165, 1.54) is 75.3 Å². The third-order valence-corrected chi connectivity index (χ3v) is 8.39. The normalized spacial score (nSPS) is 28.2. The Balaban J connectivity index is 1.34. The Bertz CT molecular complexity index is 753. The van der Waals surface area contributed by atoms with Crippen LogP contribution in [0.1, 0.15) is 108 Å². The van der Waals surface area contributed by atoms with Gasteiger partial charge >= 0.3 is 0 Å². The molecule has 2 aliphatic rings. The van der Waals surface area contributed by atoms with Gasteiger partial charge in [0, 0.05) is 0 Å². The van der Waals surface area contributed by atoms with Crippen molar-refractivity contribution < 1.29 is 0 Å². The number of rotatable bonds is 6. The van der Waals surface area contributed by atoms with Crippen LogP contribution in [0.15, 0.2) is 48.5 Å². The first-order valence-corrected chi connectivity index (χ1v) is 12.8. The molecule has 162 valence electrons. The first-order chi connectivity index (χ1) is 14.6. The van der Waals surface area contributed by atoms with Crippen molar-refractivity contribution >= 4 is 0 Å². The zero-order valence-corrected chi connectivity index (χ0v) is 19.6. The summed E-state index contributed by atoms with van der Waals surface area (Å²) in [5.41, 5.74) is 5.85. The second kappa shape index (κ2) is 10.2. The molecule has 0 N–H and O–H groups in total. The fraction of sp³-hybridized carbons (Fsp3) is 0.600. The summed E-state index contributed by atoms with van der Waals surface area (Å²) in [6, 6.07) is 19.0. The van der Waals surface area contributed by atoms with Crippen LogP contribution in [0, 0.1) is 17.8 Å². The minimum atomic E-state index is 0.781. The van der Waals surface area contributed by atoms with Crippen LogP contribution in [0.3, 0.4) is 0 Å². The van der Waals surface area contributed by atoms with Crippen LogP contribution in [0.5, 0.6) is 0 Å². The van der Waals surface area contributed by atoms with Gasteiger partial charge in [0.05, 0.1) is 0 Å². The lowest BCUT2D eigenvalue weighted by Gasteiger charge is -2.30. The molecule has 2 saturated carbocycles. The molecule has 1 atom stereocenters. The van der Waals surface area contributed by atoms with E-state index in [9.17, 15) is 0 Å². The lowest BCUT2D eigenvalue weighted by Crippen LogP contribution is -2.15. The van der Waals surface area contributed by atoms with E-state index in [1.54, 1.807) is 11.1 Å². The van der Waals surface area contributed by atoms with E-state index in [-0.39, 0.29) is 0 Å². The molecule has 4 rings (SSSR count). The van der Waals surface area contributed by atoms with E-state index in [1.807, 2.05) is 0 Å². The molecule has 0 amide bonds. The van der Waals surface area contributed by atoms with Crippen molar-refractivity contribution in [2.45, 2.75) is 96.8 Å². The molecule has 0 nitrogen and oxygen atoms in total. The highest BCUT2D eigenvalue weighted by Crippen LogP contribution is 2.39. The van der Waals surface area contributed by atoms with Gasteiger partial charge in [-0.25, -0.2) is 0 Å². The van der Waals surface area contributed by atoms with Crippen LogP contribution in [0.2, 0.25) is 0 Å². The lowest BCUT2D eigenvalue weighted by atomic mass is 9.75. The summed E-state index contributed by atoms with van der Waals surface area (Å²) in [6.07, 6.45) is 13.9. The number of hydrogen-bond acceptors (Lipinski definition) is 0. The average molecular weight is 403 g/mol. The van der Waals surface area contributed by atoms with E-state index < -0.39 is 0 Å². The maximum absolute atomic E-state index is 2.42. The molecule has 0 saturated heterocycles. The Kier molecular flexibility index (Phi) is 7.34. The van der Waals surface area contributed by atoms with E-state index in [2.05, 4.69) is 69.3 Å². The molecular weight excluding hydrogens is 360 g/mol. The van der Waals surface area contributed by atoms with Crippen LogP contribution in [0.25, 0.3) is 11.1 Å². The highest BCUT2D eigenvalue weighted by Gasteiger charge is 2.23. The van der Waals surface area contributed by atoms with Crippen molar-refractivity contribution in [3.63, 3.8) is 0 Å². The smallest absolute Gasteiger partial charge is 0.0162 e. The predicted molar refractivity (Wildman–Crippen MR) is 131 cm³/mol. The molecule has 0 aliphatic heterocycles. The third kappa shape index (κ3) is 5.37. The molecule has 2 aliphatic carbocycles. The van der Waals surface area contributed by atoms with Crippen LogP contribution in [-0.4, -0.2) is 0 Å². The fourth-order valence-corrected chi connectivity index (χ4v) is 5.96. The predicted octanol–water partition coefficient (Wildman–Crippen LogP) is 9.36. The van der Waals surface area contributed by atoms with Crippen molar-refractivity contribution in [2.75, 3.05) is 0 Å². The van der Waals surface area contributed by atoms with Crippen LogP contribution in [0.4, 0.5) is 0 Å². The van der Waals surface area contributed by atoms with Gasteiger partial charge in [0.15, 0.2) is 0 Å². The standard InChI is InChI=1S/C30H42/c1-4-22(2)21-24-7-11-26(12-8-24)28-15-19-30(20-16-28)29-17-13-27(14-18-29)25-9-5-23(3)6-10-25/h13-20,22-26H,4-12,21H2,1-3H3. The van der Waals surface area contributed by atoms with Crippen molar-refractivity contribution in [3.05, 3.63) is 59.7 Å². The van der Waals surface area contributed by atoms with Gasteiger partial charge in [-0.05, 0) is 96.8 Å². The molecule has 2 aromatic rings. The minimum absolute atomic E-state index is 0.781. The molecule has 30 heavy (non-hydrogen) atoms. The minimum Gasteiger partial charge on any atom is -0.0651 e. The molecule has 0 aromatic heterocycles. The molecule has 2 fully saturated rings. The largest absolute Gasteiger partial charge is 0.0651 e. The summed E-state index contributed by atoms with van der Waals surface area (Å²) in [5, 5.41) is 0. The average Bonchev–Trinajstić information content (AvgIpc) is 2.80. The first kappa shape index (κ1) is 21.7. The highest BCUT2D eigenvalue weighted by molar-refractivity contribution is 5.64. The Hall–Kier alpha value is -1.56. The van der Waals surface area contributed by atoms with Gasteiger partial charge in [0.25, 0.3) is 0 Å². The Morgan fingerprint density at radius 1 is 0.667 bits per heavy atom.